The fourth-order valence-electron chi connectivity index (χ4n) is 4.37. The molecule has 0 aliphatic carbocycles. The summed E-state index contributed by atoms with van der Waals surface area (Å²) in [6.07, 6.45) is 27.7. The SMILES string of the molecule is C=C(C)C(=O)OCCC[n+]1ccn(CCCCCCCCCCCCCCCCCC)c1C. The molecule has 0 spiro atoms. The highest BCUT2D eigenvalue weighted by molar-refractivity contribution is 5.86. The summed E-state index contributed by atoms with van der Waals surface area (Å²) in [5.74, 6) is 0.986. The lowest BCUT2D eigenvalue weighted by Gasteiger charge is -2.05. The van der Waals surface area contributed by atoms with Crippen LogP contribution in [0, 0.1) is 6.92 Å². The van der Waals surface area contributed by atoms with E-state index >= 15 is 0 Å². The number of ether oxygens (including phenoxy) is 1. The molecule has 0 aromatic carbocycles. The maximum Gasteiger partial charge on any atom is 0.333 e. The first-order chi connectivity index (χ1) is 16.1. The van der Waals surface area contributed by atoms with Crippen molar-refractivity contribution in [2.45, 2.75) is 143 Å². The Balaban J connectivity index is 1.94. The second-order valence-electron chi connectivity index (χ2n) is 9.81. The molecule has 0 aliphatic heterocycles. The quantitative estimate of drug-likeness (QED) is 0.0762. The molecule has 1 aromatic rings. The van der Waals surface area contributed by atoms with Gasteiger partial charge < -0.3 is 4.74 Å². The number of aryl methyl sites for hydroxylation is 2. The Labute approximate surface area is 204 Å². The lowest BCUT2D eigenvalue weighted by molar-refractivity contribution is -0.702. The van der Waals surface area contributed by atoms with Crippen molar-refractivity contribution in [2.75, 3.05) is 6.61 Å². The van der Waals surface area contributed by atoms with Crippen LogP contribution in [0.5, 0.6) is 0 Å². The number of hydrogen-bond acceptors (Lipinski definition) is 2. The van der Waals surface area contributed by atoms with E-state index in [9.17, 15) is 4.79 Å². The number of imidazole rings is 1. The molecular weight excluding hydrogens is 408 g/mol. The third-order valence-corrected chi connectivity index (χ3v) is 6.64. The van der Waals surface area contributed by atoms with Crippen LogP contribution < -0.4 is 4.57 Å². The van der Waals surface area contributed by atoms with E-state index < -0.39 is 0 Å². The Morgan fingerprint density at radius 2 is 1.33 bits per heavy atom. The zero-order chi connectivity index (χ0) is 24.2. The van der Waals surface area contributed by atoms with Crippen LogP contribution in [0.25, 0.3) is 0 Å². The van der Waals surface area contributed by atoms with E-state index in [1.807, 2.05) is 0 Å². The number of esters is 1. The van der Waals surface area contributed by atoms with E-state index in [-0.39, 0.29) is 5.97 Å². The van der Waals surface area contributed by atoms with Gasteiger partial charge in [0.15, 0.2) is 0 Å². The summed E-state index contributed by atoms with van der Waals surface area (Å²) in [4.78, 5) is 11.4. The number of carbonyl (C=O) groups excluding carboxylic acids is 1. The molecular formula is C29H53N2O2+. The normalized spacial score (nSPS) is 11.1. The molecule has 4 nitrogen and oxygen atoms in total. The van der Waals surface area contributed by atoms with E-state index in [1.54, 1.807) is 6.92 Å². The van der Waals surface area contributed by atoms with Gasteiger partial charge in [-0.1, -0.05) is 103 Å². The molecule has 0 amide bonds. The van der Waals surface area contributed by atoms with Crippen molar-refractivity contribution in [1.82, 2.24) is 4.57 Å². The molecule has 0 N–H and O–H groups in total. The predicted octanol–water partition coefficient (Wildman–Crippen LogP) is 7.85. The summed E-state index contributed by atoms with van der Waals surface area (Å²) in [5.41, 5.74) is 0.462. The summed E-state index contributed by atoms with van der Waals surface area (Å²) in [5, 5.41) is 0. The van der Waals surface area contributed by atoms with Gasteiger partial charge in [-0.2, -0.15) is 0 Å². The van der Waals surface area contributed by atoms with Crippen molar-refractivity contribution in [2.24, 2.45) is 0 Å². The van der Waals surface area contributed by atoms with Crippen LogP contribution >= 0.6 is 0 Å². The highest BCUT2D eigenvalue weighted by atomic mass is 16.5. The average Bonchev–Trinajstić information content (AvgIpc) is 3.15. The maximum absolute atomic E-state index is 11.4. The van der Waals surface area contributed by atoms with Gasteiger partial charge >= 0.3 is 5.97 Å². The molecule has 4 heteroatoms. The molecule has 0 saturated carbocycles. The number of carbonyl (C=O) groups is 1. The molecule has 1 rings (SSSR count). The van der Waals surface area contributed by atoms with Crippen LogP contribution in [-0.4, -0.2) is 17.1 Å². The molecule has 0 fully saturated rings. The van der Waals surface area contributed by atoms with E-state index in [4.69, 9.17) is 4.74 Å². The van der Waals surface area contributed by atoms with Gasteiger partial charge in [0, 0.05) is 18.9 Å². The topological polar surface area (TPSA) is 35.1 Å². The number of nitrogens with zero attached hydrogens (tertiary/aromatic N) is 2. The van der Waals surface area contributed by atoms with Crippen LogP contribution in [0.1, 0.15) is 129 Å². The number of hydrogen-bond donors (Lipinski definition) is 0. The molecule has 0 radical (unpaired) electrons. The molecule has 190 valence electrons. The van der Waals surface area contributed by atoms with Gasteiger partial charge in [-0.05, 0) is 19.8 Å². The van der Waals surface area contributed by atoms with Crippen molar-refractivity contribution in [1.29, 1.82) is 0 Å². The van der Waals surface area contributed by atoms with Gasteiger partial charge in [0.1, 0.15) is 12.4 Å². The minimum absolute atomic E-state index is 0.294. The van der Waals surface area contributed by atoms with Crippen LogP contribution in [0.15, 0.2) is 24.5 Å². The molecule has 0 unspecified atom stereocenters. The van der Waals surface area contributed by atoms with Crippen molar-refractivity contribution < 1.29 is 14.1 Å². The summed E-state index contributed by atoms with van der Waals surface area (Å²) >= 11 is 0. The first kappa shape index (κ1) is 29.5. The summed E-state index contributed by atoms with van der Waals surface area (Å²) in [7, 11) is 0. The van der Waals surface area contributed by atoms with Gasteiger partial charge in [-0.3, -0.25) is 0 Å². The minimum atomic E-state index is -0.294. The second kappa shape index (κ2) is 19.9. The van der Waals surface area contributed by atoms with E-state index in [1.165, 1.54) is 109 Å². The maximum atomic E-state index is 11.4. The van der Waals surface area contributed by atoms with Gasteiger partial charge in [0.05, 0.1) is 19.7 Å². The minimum Gasteiger partial charge on any atom is -0.462 e. The van der Waals surface area contributed by atoms with Crippen molar-refractivity contribution in [3.63, 3.8) is 0 Å². The van der Waals surface area contributed by atoms with Crippen LogP contribution in [0.4, 0.5) is 0 Å². The summed E-state index contributed by atoms with van der Waals surface area (Å²) in [6, 6.07) is 0. The third-order valence-electron chi connectivity index (χ3n) is 6.64. The Hall–Kier alpha value is -1.58. The van der Waals surface area contributed by atoms with Crippen LogP contribution in [0.2, 0.25) is 0 Å². The molecule has 0 bridgehead atoms. The average molecular weight is 462 g/mol. The number of unbranched alkanes of at least 4 members (excludes halogenated alkanes) is 15. The Kier molecular flexibility index (Phi) is 17.7. The summed E-state index contributed by atoms with van der Waals surface area (Å²) < 4.78 is 9.78. The monoisotopic (exact) mass is 461 g/mol. The Bertz CT molecular complexity index is 636. The smallest absolute Gasteiger partial charge is 0.333 e. The van der Waals surface area contributed by atoms with E-state index in [0.29, 0.717) is 12.2 Å². The molecule has 0 aliphatic rings. The van der Waals surface area contributed by atoms with E-state index in [0.717, 1.165) is 19.5 Å². The first-order valence-corrected chi connectivity index (χ1v) is 13.9. The van der Waals surface area contributed by atoms with Crippen molar-refractivity contribution in [3.8, 4) is 0 Å². The molecule has 1 heterocycles. The van der Waals surface area contributed by atoms with Crippen LogP contribution in [-0.2, 0) is 22.6 Å². The lowest BCUT2D eigenvalue weighted by Crippen LogP contribution is -2.36. The van der Waals surface area contributed by atoms with E-state index in [2.05, 4.69) is 42.0 Å². The molecule has 0 saturated heterocycles. The fourth-order valence-corrected chi connectivity index (χ4v) is 4.37. The predicted molar refractivity (Wildman–Crippen MR) is 139 cm³/mol. The largest absolute Gasteiger partial charge is 0.462 e. The highest BCUT2D eigenvalue weighted by Gasteiger charge is 2.12. The lowest BCUT2D eigenvalue weighted by atomic mass is 10.0. The Morgan fingerprint density at radius 1 is 0.848 bits per heavy atom. The number of rotatable bonds is 22. The zero-order valence-electron chi connectivity index (χ0n) is 22.2. The van der Waals surface area contributed by atoms with Gasteiger partial charge in [-0.25, -0.2) is 13.9 Å². The molecule has 1 aromatic heterocycles. The standard InChI is InChI=1S/C29H53N2O2/c1-5-6-7-8-9-10-11-12-13-14-15-16-17-18-19-20-22-30-24-25-31(28(30)4)23-21-26-33-29(32)27(2)3/h24-25H,2,5-23,26H2,1,3-4H3/q+1. The second-order valence-corrected chi connectivity index (χ2v) is 9.81. The van der Waals surface area contributed by atoms with Crippen molar-refractivity contribution in [3.05, 3.63) is 30.4 Å². The fraction of sp³-hybridized carbons (Fsp3) is 0.793. The van der Waals surface area contributed by atoms with Gasteiger partial charge in [0.2, 0.25) is 0 Å². The van der Waals surface area contributed by atoms with Gasteiger partial charge in [-0.15, -0.1) is 0 Å². The molecule has 0 atom stereocenters. The third kappa shape index (κ3) is 15.0. The number of aromatic nitrogens is 2. The summed E-state index contributed by atoms with van der Waals surface area (Å²) in [6.45, 7) is 12.2. The van der Waals surface area contributed by atoms with Crippen molar-refractivity contribution >= 4 is 5.97 Å². The highest BCUT2D eigenvalue weighted by Crippen LogP contribution is 2.14. The zero-order valence-corrected chi connectivity index (χ0v) is 22.2. The molecule has 33 heavy (non-hydrogen) atoms. The van der Waals surface area contributed by atoms with Crippen LogP contribution in [0.3, 0.4) is 0 Å². The van der Waals surface area contributed by atoms with Gasteiger partial charge in [0.25, 0.3) is 5.82 Å². The Morgan fingerprint density at radius 3 is 1.82 bits per heavy atom. The first-order valence-electron chi connectivity index (χ1n) is 13.9.